The van der Waals surface area contributed by atoms with Gasteiger partial charge in [0.25, 0.3) is 0 Å². The first-order valence-electron chi connectivity index (χ1n) is 11.1. The second kappa shape index (κ2) is 8.05. The van der Waals surface area contributed by atoms with E-state index in [0.717, 1.165) is 58.0 Å². The lowest BCUT2D eigenvalue weighted by molar-refractivity contribution is -0.202. The van der Waals surface area contributed by atoms with Gasteiger partial charge in [-0.1, -0.05) is 26.2 Å². The second-order valence-corrected chi connectivity index (χ2v) is 9.03. The molecule has 1 atom stereocenters. The molecule has 148 valence electrons. The lowest BCUT2D eigenvalue weighted by atomic mass is 9.69. The van der Waals surface area contributed by atoms with Gasteiger partial charge in [0, 0.05) is 44.4 Å². The van der Waals surface area contributed by atoms with E-state index < -0.39 is 0 Å². The Morgan fingerprint density at radius 1 is 1.12 bits per heavy atom. The fourth-order valence-corrected chi connectivity index (χ4v) is 5.36. The molecule has 2 saturated heterocycles. The molecule has 26 heavy (non-hydrogen) atoms. The van der Waals surface area contributed by atoms with Crippen LogP contribution in [0.3, 0.4) is 0 Å². The summed E-state index contributed by atoms with van der Waals surface area (Å²) in [5.74, 6) is 0.856. The molecule has 1 N–H and O–H groups in total. The Hall–Kier alpha value is -0.810. The van der Waals surface area contributed by atoms with Crippen LogP contribution in [0.4, 0.5) is 4.79 Å². The molecule has 1 spiro atoms. The minimum absolute atomic E-state index is 0.131. The van der Waals surface area contributed by atoms with Gasteiger partial charge in [0.2, 0.25) is 0 Å². The van der Waals surface area contributed by atoms with Gasteiger partial charge in [0.1, 0.15) is 0 Å². The van der Waals surface area contributed by atoms with Crippen LogP contribution in [0.5, 0.6) is 0 Å². The maximum absolute atomic E-state index is 12.2. The number of nitrogens with zero attached hydrogens (tertiary/aromatic N) is 2. The van der Waals surface area contributed by atoms with Crippen LogP contribution in [0, 0.1) is 5.92 Å². The highest BCUT2D eigenvalue weighted by Gasteiger charge is 2.56. The number of carbonyl (C=O) groups excluding carboxylic acids is 1. The normalized spacial score (nSPS) is 29.6. The second-order valence-electron chi connectivity index (χ2n) is 9.03. The van der Waals surface area contributed by atoms with Crippen molar-refractivity contribution in [3.8, 4) is 0 Å². The van der Waals surface area contributed by atoms with Gasteiger partial charge in [-0.25, -0.2) is 4.79 Å². The number of hydrogen-bond acceptors (Lipinski definition) is 3. The number of urea groups is 1. The molecule has 4 fully saturated rings. The first-order valence-corrected chi connectivity index (χ1v) is 11.1. The number of piperidine rings is 1. The van der Waals surface area contributed by atoms with Crippen LogP contribution < -0.4 is 5.32 Å². The van der Waals surface area contributed by atoms with Crippen molar-refractivity contribution in [3.63, 3.8) is 0 Å². The van der Waals surface area contributed by atoms with E-state index in [1.54, 1.807) is 0 Å². The molecule has 2 saturated carbocycles. The standard InChI is InChI=1S/C21H37N3O2/c1-2-12-22-20(25)23-13-8-18(9-14-23)24-15-19(26-16-17-6-7-17)21(24)10-4-3-5-11-21/h17-19H,2-16H2,1H3,(H,22,25). The van der Waals surface area contributed by atoms with Crippen LogP contribution in [-0.2, 0) is 4.74 Å². The Morgan fingerprint density at radius 2 is 1.85 bits per heavy atom. The molecule has 4 rings (SSSR count). The molecule has 2 heterocycles. The largest absolute Gasteiger partial charge is 0.375 e. The summed E-state index contributed by atoms with van der Waals surface area (Å²) >= 11 is 0. The number of amides is 2. The van der Waals surface area contributed by atoms with E-state index in [4.69, 9.17) is 4.74 Å². The molecular weight excluding hydrogens is 326 g/mol. The Bertz CT molecular complexity index is 480. The Morgan fingerprint density at radius 3 is 2.50 bits per heavy atom. The Labute approximate surface area is 158 Å². The SMILES string of the molecule is CCCNC(=O)N1CCC(N2CC(OCC3CC3)C23CCCCC3)CC1. The molecule has 0 aromatic heterocycles. The fraction of sp³-hybridized carbons (Fsp3) is 0.952. The molecule has 4 aliphatic rings. The summed E-state index contributed by atoms with van der Waals surface area (Å²) in [6.45, 7) is 6.81. The van der Waals surface area contributed by atoms with Crippen LogP contribution in [0.15, 0.2) is 0 Å². The highest BCUT2D eigenvalue weighted by molar-refractivity contribution is 5.74. The van der Waals surface area contributed by atoms with E-state index in [9.17, 15) is 4.79 Å². The predicted octanol–water partition coefficient (Wildman–Crippen LogP) is 3.38. The molecule has 5 nitrogen and oxygen atoms in total. The zero-order valence-corrected chi connectivity index (χ0v) is 16.5. The van der Waals surface area contributed by atoms with E-state index in [0.29, 0.717) is 17.7 Å². The van der Waals surface area contributed by atoms with Crippen LogP contribution in [-0.4, -0.2) is 66.3 Å². The van der Waals surface area contributed by atoms with Gasteiger partial charge in [0.15, 0.2) is 0 Å². The van der Waals surface area contributed by atoms with Crippen LogP contribution in [0.2, 0.25) is 0 Å². The summed E-state index contributed by atoms with van der Waals surface area (Å²) < 4.78 is 6.40. The molecule has 2 aliphatic carbocycles. The van der Waals surface area contributed by atoms with Gasteiger partial charge in [0.05, 0.1) is 6.10 Å². The average Bonchev–Trinajstić information content (AvgIpc) is 3.50. The number of rotatable bonds is 6. The summed E-state index contributed by atoms with van der Waals surface area (Å²) in [7, 11) is 0. The van der Waals surface area contributed by atoms with E-state index in [-0.39, 0.29) is 6.03 Å². The van der Waals surface area contributed by atoms with Crippen LogP contribution >= 0.6 is 0 Å². The van der Waals surface area contributed by atoms with Gasteiger partial charge in [-0.3, -0.25) is 4.90 Å². The van der Waals surface area contributed by atoms with Gasteiger partial charge < -0.3 is 15.0 Å². The number of likely N-dealkylation sites (tertiary alicyclic amines) is 2. The Kier molecular flexibility index (Phi) is 5.75. The first kappa shape index (κ1) is 18.5. The fourth-order valence-electron chi connectivity index (χ4n) is 5.36. The minimum Gasteiger partial charge on any atom is -0.375 e. The summed E-state index contributed by atoms with van der Waals surface area (Å²) in [5.41, 5.74) is 0.324. The third kappa shape index (κ3) is 3.75. The van der Waals surface area contributed by atoms with Crippen molar-refractivity contribution >= 4 is 6.03 Å². The van der Waals surface area contributed by atoms with E-state index in [1.807, 2.05) is 4.90 Å². The first-order chi connectivity index (χ1) is 12.7. The third-order valence-corrected chi connectivity index (χ3v) is 7.20. The van der Waals surface area contributed by atoms with Crippen molar-refractivity contribution in [2.75, 3.05) is 32.8 Å². The number of nitrogens with one attached hydrogen (secondary N) is 1. The molecule has 2 aliphatic heterocycles. The van der Waals surface area contributed by atoms with Crippen molar-refractivity contribution < 1.29 is 9.53 Å². The van der Waals surface area contributed by atoms with Crippen molar-refractivity contribution in [3.05, 3.63) is 0 Å². The maximum Gasteiger partial charge on any atom is 0.317 e. The van der Waals surface area contributed by atoms with Crippen LogP contribution in [0.25, 0.3) is 0 Å². The van der Waals surface area contributed by atoms with Crippen molar-refractivity contribution in [1.82, 2.24) is 15.1 Å². The zero-order valence-electron chi connectivity index (χ0n) is 16.5. The highest BCUT2D eigenvalue weighted by Crippen LogP contribution is 2.48. The number of hydrogen-bond donors (Lipinski definition) is 1. The van der Waals surface area contributed by atoms with Crippen LogP contribution in [0.1, 0.15) is 71.1 Å². The van der Waals surface area contributed by atoms with Gasteiger partial charge in [-0.05, 0) is 50.9 Å². The van der Waals surface area contributed by atoms with Gasteiger partial charge in [-0.2, -0.15) is 0 Å². The zero-order chi connectivity index (χ0) is 18.0. The lowest BCUT2D eigenvalue weighted by Crippen LogP contribution is -2.75. The number of ether oxygens (including phenoxy) is 1. The smallest absolute Gasteiger partial charge is 0.317 e. The predicted molar refractivity (Wildman–Crippen MR) is 103 cm³/mol. The van der Waals surface area contributed by atoms with E-state index in [2.05, 4.69) is 17.1 Å². The van der Waals surface area contributed by atoms with Gasteiger partial charge in [-0.15, -0.1) is 0 Å². The summed E-state index contributed by atoms with van der Waals surface area (Å²) in [4.78, 5) is 17.0. The number of carbonyl (C=O) groups is 1. The monoisotopic (exact) mass is 363 g/mol. The van der Waals surface area contributed by atoms with Crippen molar-refractivity contribution in [2.24, 2.45) is 5.92 Å². The van der Waals surface area contributed by atoms with Crippen molar-refractivity contribution in [2.45, 2.75) is 88.8 Å². The minimum atomic E-state index is 0.131. The summed E-state index contributed by atoms with van der Waals surface area (Å²) in [6.07, 6.45) is 13.2. The molecule has 0 aromatic rings. The molecular formula is C21H37N3O2. The summed E-state index contributed by atoms with van der Waals surface area (Å²) in [5, 5.41) is 3.02. The quantitative estimate of drug-likeness (QED) is 0.787. The van der Waals surface area contributed by atoms with E-state index >= 15 is 0 Å². The molecule has 0 bridgehead atoms. The van der Waals surface area contributed by atoms with Gasteiger partial charge >= 0.3 is 6.03 Å². The molecule has 5 heteroatoms. The summed E-state index contributed by atoms with van der Waals surface area (Å²) in [6, 6.07) is 0.774. The molecule has 0 radical (unpaired) electrons. The Balaban J connectivity index is 1.31. The molecule has 1 unspecified atom stereocenters. The third-order valence-electron chi connectivity index (χ3n) is 7.20. The van der Waals surface area contributed by atoms with E-state index in [1.165, 1.54) is 44.9 Å². The van der Waals surface area contributed by atoms with Crippen molar-refractivity contribution in [1.29, 1.82) is 0 Å². The lowest BCUT2D eigenvalue weighted by Gasteiger charge is -2.63. The molecule has 2 amide bonds. The molecule has 0 aromatic carbocycles. The average molecular weight is 364 g/mol. The topological polar surface area (TPSA) is 44.8 Å². The maximum atomic E-state index is 12.2. The highest BCUT2D eigenvalue weighted by atomic mass is 16.5.